The molecule has 39 heavy (non-hydrogen) atoms. The average molecular weight is 683 g/mol. The van der Waals surface area contributed by atoms with Gasteiger partial charge in [-0.05, 0) is 90.4 Å². The lowest BCUT2D eigenvalue weighted by Crippen LogP contribution is -2.32. The van der Waals surface area contributed by atoms with E-state index in [9.17, 15) is 14.4 Å². The van der Waals surface area contributed by atoms with Gasteiger partial charge in [-0.3, -0.25) is 14.4 Å². The Labute approximate surface area is 249 Å². The molecule has 0 unspecified atom stereocenters. The van der Waals surface area contributed by atoms with Gasteiger partial charge in [-0.25, -0.2) is 5.43 Å². The zero-order chi connectivity index (χ0) is 28.5. The summed E-state index contributed by atoms with van der Waals surface area (Å²) in [6.07, 6.45) is 1.35. The highest BCUT2D eigenvalue weighted by molar-refractivity contribution is 14.1. The minimum Gasteiger partial charge on any atom is -0.490 e. The van der Waals surface area contributed by atoms with E-state index in [-0.39, 0.29) is 28.2 Å². The second kappa shape index (κ2) is 14.2. The fourth-order valence-corrected chi connectivity index (χ4v) is 4.40. The summed E-state index contributed by atoms with van der Waals surface area (Å²) in [4.78, 5) is 36.8. The lowest BCUT2D eigenvalue weighted by molar-refractivity contribution is -0.136. The molecule has 204 valence electrons. The first kappa shape index (κ1) is 30.2. The maximum absolute atomic E-state index is 12.5. The zero-order valence-electron chi connectivity index (χ0n) is 21.2. The van der Waals surface area contributed by atoms with Gasteiger partial charge in [-0.1, -0.05) is 41.4 Å². The molecule has 0 aliphatic rings. The van der Waals surface area contributed by atoms with Gasteiger partial charge in [0.15, 0.2) is 18.1 Å². The van der Waals surface area contributed by atoms with Crippen LogP contribution in [0.4, 0.5) is 11.4 Å². The summed E-state index contributed by atoms with van der Waals surface area (Å²) in [6.45, 7) is 5.85. The van der Waals surface area contributed by atoms with Crippen LogP contribution in [0.2, 0.25) is 10.0 Å². The van der Waals surface area contributed by atoms with Crippen LogP contribution >= 0.6 is 45.8 Å². The third-order valence-corrected chi connectivity index (χ3v) is 6.96. The van der Waals surface area contributed by atoms with E-state index >= 15 is 0 Å². The molecule has 3 N–H and O–H groups in total. The van der Waals surface area contributed by atoms with Crippen LogP contribution < -0.4 is 25.5 Å². The van der Waals surface area contributed by atoms with Gasteiger partial charge >= 0.3 is 11.8 Å². The number of carbonyl (C=O) groups excluding carboxylic acids is 3. The molecule has 3 aromatic carbocycles. The summed E-state index contributed by atoms with van der Waals surface area (Å²) < 4.78 is 12.1. The normalized spacial score (nSPS) is 10.7. The van der Waals surface area contributed by atoms with Crippen LogP contribution in [0, 0.1) is 17.4 Å². The molecule has 0 saturated carbocycles. The predicted molar refractivity (Wildman–Crippen MR) is 161 cm³/mol. The van der Waals surface area contributed by atoms with E-state index in [0.717, 1.165) is 16.8 Å². The van der Waals surface area contributed by atoms with Crippen LogP contribution in [-0.2, 0) is 14.4 Å². The first-order chi connectivity index (χ1) is 18.6. The number of nitrogens with zero attached hydrogens (tertiary/aromatic N) is 1. The van der Waals surface area contributed by atoms with Crippen LogP contribution in [-0.4, -0.2) is 37.1 Å². The third-order valence-electron chi connectivity index (χ3n) is 5.34. The number of aryl methyl sites for hydroxylation is 1. The molecule has 0 atom stereocenters. The summed E-state index contributed by atoms with van der Waals surface area (Å²) in [5.74, 6) is -1.49. The van der Waals surface area contributed by atoms with Crippen molar-refractivity contribution >= 4 is 81.1 Å². The maximum atomic E-state index is 12.5. The molecule has 3 amide bonds. The van der Waals surface area contributed by atoms with Crippen LogP contribution in [0.3, 0.4) is 0 Å². The van der Waals surface area contributed by atoms with Crippen LogP contribution in [0.1, 0.15) is 23.6 Å². The fourth-order valence-electron chi connectivity index (χ4n) is 3.27. The van der Waals surface area contributed by atoms with Gasteiger partial charge in [-0.2, -0.15) is 5.10 Å². The molecule has 0 radical (unpaired) electrons. The molecular formula is C27H25Cl2IN4O5. The minimum absolute atomic E-state index is 0.118. The van der Waals surface area contributed by atoms with Crippen molar-refractivity contribution in [3.63, 3.8) is 0 Å². The molecule has 0 bridgehead atoms. The molecule has 0 spiro atoms. The van der Waals surface area contributed by atoms with Crippen molar-refractivity contribution in [3.05, 3.63) is 78.8 Å². The van der Waals surface area contributed by atoms with Crippen LogP contribution in [0.15, 0.2) is 53.6 Å². The van der Waals surface area contributed by atoms with Crippen molar-refractivity contribution in [2.45, 2.75) is 20.8 Å². The van der Waals surface area contributed by atoms with Crippen molar-refractivity contribution in [1.82, 2.24) is 5.43 Å². The Bertz CT molecular complexity index is 1430. The van der Waals surface area contributed by atoms with Crippen molar-refractivity contribution in [2.24, 2.45) is 5.10 Å². The number of benzene rings is 3. The lowest BCUT2D eigenvalue weighted by Gasteiger charge is -2.15. The topological polar surface area (TPSA) is 118 Å². The molecule has 0 saturated heterocycles. The Kier molecular flexibility index (Phi) is 11.0. The quantitative estimate of drug-likeness (QED) is 0.116. The van der Waals surface area contributed by atoms with Crippen molar-refractivity contribution < 1.29 is 23.9 Å². The summed E-state index contributed by atoms with van der Waals surface area (Å²) in [7, 11) is 0. The van der Waals surface area contributed by atoms with Gasteiger partial charge in [0, 0.05) is 5.69 Å². The number of ether oxygens (including phenoxy) is 2. The third kappa shape index (κ3) is 8.32. The fraction of sp³-hybridized carbons (Fsp3) is 0.185. The highest BCUT2D eigenvalue weighted by Crippen LogP contribution is 2.34. The lowest BCUT2D eigenvalue weighted by atomic mass is 10.1. The number of rotatable bonds is 9. The molecule has 0 aromatic heterocycles. The predicted octanol–water partition coefficient (Wildman–Crippen LogP) is 5.72. The molecular weight excluding hydrogens is 658 g/mol. The average Bonchev–Trinajstić information content (AvgIpc) is 2.89. The summed E-state index contributed by atoms with van der Waals surface area (Å²) >= 11 is 14.0. The number of nitrogens with one attached hydrogen (secondary N) is 3. The van der Waals surface area contributed by atoms with E-state index < -0.39 is 11.8 Å². The number of amides is 3. The number of hydrogen-bond donors (Lipinski definition) is 3. The Morgan fingerprint density at radius 3 is 2.44 bits per heavy atom. The molecule has 0 aliphatic carbocycles. The molecule has 12 heteroatoms. The van der Waals surface area contributed by atoms with E-state index in [1.54, 1.807) is 24.3 Å². The molecule has 9 nitrogen and oxygen atoms in total. The van der Waals surface area contributed by atoms with Crippen molar-refractivity contribution in [3.8, 4) is 11.5 Å². The summed E-state index contributed by atoms with van der Waals surface area (Å²) in [5, 5.41) is 9.43. The standard InChI is InChI=1S/C27H25Cl2IN4O5/c1-4-38-22-12-17(13-31-34-27(37)26(36)33-21-10-6-8-18(28)24(21)29)11-19(30)25(22)39-14-23(35)32-20-9-5-7-15(2)16(20)3/h5-13H,4,14H2,1-3H3,(H,32,35)(H,33,36)(H,34,37)/b31-13-. The van der Waals surface area contributed by atoms with Crippen LogP contribution in [0.5, 0.6) is 11.5 Å². The Morgan fingerprint density at radius 1 is 0.974 bits per heavy atom. The number of anilines is 2. The van der Waals surface area contributed by atoms with Gasteiger partial charge in [0.1, 0.15) is 0 Å². The van der Waals surface area contributed by atoms with E-state index in [1.165, 1.54) is 12.3 Å². The first-order valence-corrected chi connectivity index (χ1v) is 13.5. The SMILES string of the molecule is CCOc1cc(/C=N\NC(=O)C(=O)Nc2cccc(Cl)c2Cl)cc(I)c1OCC(=O)Nc1cccc(C)c1C. The molecule has 3 rings (SSSR count). The smallest absolute Gasteiger partial charge is 0.329 e. The van der Waals surface area contributed by atoms with E-state index in [2.05, 4.69) is 43.8 Å². The largest absolute Gasteiger partial charge is 0.490 e. The van der Waals surface area contributed by atoms with Crippen molar-refractivity contribution in [2.75, 3.05) is 23.8 Å². The summed E-state index contributed by atoms with van der Waals surface area (Å²) in [5.41, 5.74) is 5.70. The number of halogens is 3. The van der Waals surface area contributed by atoms with Crippen LogP contribution in [0.25, 0.3) is 0 Å². The Morgan fingerprint density at radius 2 is 1.69 bits per heavy atom. The van der Waals surface area contributed by atoms with Gasteiger partial charge in [0.2, 0.25) is 0 Å². The van der Waals surface area contributed by atoms with Gasteiger partial charge in [0.05, 0.1) is 32.1 Å². The second-order valence-electron chi connectivity index (χ2n) is 8.10. The minimum atomic E-state index is -1.00. The van der Waals surface area contributed by atoms with Gasteiger partial charge < -0.3 is 20.1 Å². The number of hydrogen-bond acceptors (Lipinski definition) is 6. The van der Waals surface area contributed by atoms with E-state index in [1.807, 2.05) is 39.0 Å². The molecule has 0 aliphatic heterocycles. The summed E-state index contributed by atoms with van der Waals surface area (Å²) in [6, 6.07) is 13.7. The van der Waals surface area contributed by atoms with Gasteiger partial charge in [-0.15, -0.1) is 0 Å². The van der Waals surface area contributed by atoms with Crippen molar-refractivity contribution in [1.29, 1.82) is 0 Å². The maximum Gasteiger partial charge on any atom is 0.329 e. The second-order valence-corrected chi connectivity index (χ2v) is 10.0. The molecule has 0 fully saturated rings. The Hall–Kier alpha value is -3.35. The number of carbonyl (C=O) groups is 3. The van der Waals surface area contributed by atoms with Gasteiger partial charge in [0.25, 0.3) is 5.91 Å². The highest BCUT2D eigenvalue weighted by Gasteiger charge is 2.17. The van der Waals surface area contributed by atoms with E-state index in [0.29, 0.717) is 27.2 Å². The first-order valence-electron chi connectivity index (χ1n) is 11.6. The van der Waals surface area contributed by atoms with E-state index in [4.69, 9.17) is 32.7 Å². The molecule has 0 heterocycles. The zero-order valence-corrected chi connectivity index (χ0v) is 24.9. The molecule has 3 aromatic rings. The monoisotopic (exact) mass is 682 g/mol. The number of hydrazone groups is 1. The Balaban J connectivity index is 1.64. The highest BCUT2D eigenvalue weighted by atomic mass is 127.